The molecule has 0 unspecified atom stereocenters. The molecule has 1 aromatic rings. The van der Waals surface area contributed by atoms with E-state index in [1.807, 2.05) is 18.5 Å². The third kappa shape index (κ3) is 8.51. The normalized spacial score (nSPS) is 11.0. The highest BCUT2D eigenvalue weighted by molar-refractivity contribution is 14.0. The highest BCUT2D eigenvalue weighted by Crippen LogP contribution is 2.02. The molecule has 2 N–H and O–H groups in total. The first-order valence-corrected chi connectivity index (χ1v) is 8.17. The standard InChI is InChI=1S/C16H30N6O.HI/c1-6-17-16(19-10-8-15(23)21(4)5)18-9-7-11-22-14(3)12-13(2)20-22;/h12H,6-11H2,1-5H3,(H2,17,18,19);1H. The van der Waals surface area contributed by atoms with E-state index in [9.17, 15) is 4.79 Å². The van der Waals surface area contributed by atoms with Crippen molar-refractivity contribution in [3.63, 3.8) is 0 Å². The van der Waals surface area contributed by atoms with Gasteiger partial charge in [-0.15, -0.1) is 24.0 Å². The molecule has 0 fully saturated rings. The van der Waals surface area contributed by atoms with E-state index in [-0.39, 0.29) is 29.9 Å². The Kier molecular flexibility index (Phi) is 11.4. The third-order valence-corrected chi connectivity index (χ3v) is 3.38. The molecule has 0 radical (unpaired) electrons. The van der Waals surface area contributed by atoms with E-state index in [1.165, 1.54) is 5.69 Å². The van der Waals surface area contributed by atoms with Gasteiger partial charge in [0.1, 0.15) is 0 Å². The van der Waals surface area contributed by atoms with Gasteiger partial charge in [-0.3, -0.25) is 14.5 Å². The predicted molar refractivity (Wildman–Crippen MR) is 109 cm³/mol. The Morgan fingerprint density at radius 3 is 2.58 bits per heavy atom. The van der Waals surface area contributed by atoms with E-state index in [1.54, 1.807) is 19.0 Å². The van der Waals surface area contributed by atoms with Crippen molar-refractivity contribution in [1.29, 1.82) is 0 Å². The number of nitrogens with zero attached hydrogens (tertiary/aromatic N) is 4. The Morgan fingerprint density at radius 1 is 1.33 bits per heavy atom. The molecule has 1 heterocycles. The molecule has 0 spiro atoms. The van der Waals surface area contributed by atoms with Crippen molar-refractivity contribution in [3.05, 3.63) is 17.5 Å². The van der Waals surface area contributed by atoms with Crippen LogP contribution in [-0.4, -0.2) is 60.3 Å². The molecule has 1 aromatic heterocycles. The zero-order valence-electron chi connectivity index (χ0n) is 15.4. The van der Waals surface area contributed by atoms with Gasteiger partial charge < -0.3 is 15.5 Å². The summed E-state index contributed by atoms with van der Waals surface area (Å²) in [5, 5.41) is 10.8. The summed E-state index contributed by atoms with van der Waals surface area (Å²) in [4.78, 5) is 17.7. The second-order valence-electron chi connectivity index (χ2n) is 5.73. The van der Waals surface area contributed by atoms with Gasteiger partial charge in [0.05, 0.1) is 5.69 Å². The van der Waals surface area contributed by atoms with Crippen molar-refractivity contribution in [2.45, 2.75) is 40.2 Å². The number of nitrogens with one attached hydrogen (secondary N) is 2. The van der Waals surface area contributed by atoms with Crippen LogP contribution >= 0.6 is 24.0 Å². The maximum atomic E-state index is 11.5. The molecule has 1 rings (SSSR count). The first-order valence-electron chi connectivity index (χ1n) is 8.17. The summed E-state index contributed by atoms with van der Waals surface area (Å²) in [6.45, 7) is 9.06. The SMILES string of the molecule is CCNC(=NCCCn1nc(C)cc1C)NCCC(=O)N(C)C.I. The van der Waals surface area contributed by atoms with Crippen LogP contribution in [0.3, 0.4) is 0 Å². The number of amides is 1. The Bertz CT molecular complexity index is 527. The van der Waals surface area contributed by atoms with Crippen molar-refractivity contribution >= 4 is 35.8 Å². The number of carbonyl (C=O) groups is 1. The van der Waals surface area contributed by atoms with Crippen molar-refractivity contribution < 1.29 is 4.79 Å². The molecule has 0 saturated carbocycles. The van der Waals surface area contributed by atoms with Crippen LogP contribution in [0.25, 0.3) is 0 Å². The Morgan fingerprint density at radius 2 is 2.04 bits per heavy atom. The molecule has 0 bridgehead atoms. The Labute approximate surface area is 162 Å². The Hall–Kier alpha value is -1.32. The fraction of sp³-hybridized carbons (Fsp3) is 0.688. The van der Waals surface area contributed by atoms with E-state index < -0.39 is 0 Å². The summed E-state index contributed by atoms with van der Waals surface area (Å²) >= 11 is 0. The molecule has 138 valence electrons. The fourth-order valence-corrected chi connectivity index (χ4v) is 2.17. The lowest BCUT2D eigenvalue weighted by Crippen LogP contribution is -2.39. The largest absolute Gasteiger partial charge is 0.357 e. The number of hydrogen-bond acceptors (Lipinski definition) is 3. The fourth-order valence-electron chi connectivity index (χ4n) is 2.17. The van der Waals surface area contributed by atoms with Gasteiger partial charge in [0.2, 0.25) is 5.91 Å². The summed E-state index contributed by atoms with van der Waals surface area (Å²) < 4.78 is 2.01. The predicted octanol–water partition coefficient (Wildman–Crippen LogP) is 1.54. The number of aromatic nitrogens is 2. The first kappa shape index (κ1) is 22.7. The van der Waals surface area contributed by atoms with Gasteiger partial charge in [-0.05, 0) is 33.3 Å². The summed E-state index contributed by atoms with van der Waals surface area (Å²) in [6, 6.07) is 2.08. The highest BCUT2D eigenvalue weighted by atomic mass is 127. The number of aryl methyl sites for hydroxylation is 3. The summed E-state index contributed by atoms with van der Waals surface area (Å²) in [5.74, 6) is 0.866. The summed E-state index contributed by atoms with van der Waals surface area (Å²) in [6.07, 6.45) is 1.39. The smallest absolute Gasteiger partial charge is 0.223 e. The number of guanidine groups is 1. The van der Waals surface area contributed by atoms with Crippen LogP contribution < -0.4 is 10.6 Å². The Balaban J connectivity index is 0.00000529. The minimum absolute atomic E-state index is 0. The zero-order valence-corrected chi connectivity index (χ0v) is 17.8. The topological polar surface area (TPSA) is 74.5 Å². The highest BCUT2D eigenvalue weighted by Gasteiger charge is 2.04. The van der Waals surface area contributed by atoms with Gasteiger partial charge in [0, 0.05) is 52.4 Å². The van der Waals surface area contributed by atoms with Crippen LogP contribution in [0.1, 0.15) is 31.2 Å². The van der Waals surface area contributed by atoms with E-state index in [0.29, 0.717) is 13.0 Å². The minimum atomic E-state index is 0. The maximum Gasteiger partial charge on any atom is 0.223 e. The molecule has 0 saturated heterocycles. The third-order valence-electron chi connectivity index (χ3n) is 3.38. The molecule has 0 atom stereocenters. The van der Waals surface area contributed by atoms with E-state index in [4.69, 9.17) is 0 Å². The molecule has 24 heavy (non-hydrogen) atoms. The quantitative estimate of drug-likeness (QED) is 0.273. The summed E-state index contributed by atoms with van der Waals surface area (Å²) in [7, 11) is 3.53. The van der Waals surface area contributed by atoms with Crippen LogP contribution in [0.15, 0.2) is 11.1 Å². The lowest BCUT2D eigenvalue weighted by atomic mass is 10.4. The number of halogens is 1. The maximum absolute atomic E-state index is 11.5. The van der Waals surface area contributed by atoms with Crippen LogP contribution in [0.4, 0.5) is 0 Å². The van der Waals surface area contributed by atoms with Crippen molar-refractivity contribution in [1.82, 2.24) is 25.3 Å². The first-order chi connectivity index (χ1) is 10.9. The van der Waals surface area contributed by atoms with E-state index in [2.05, 4.69) is 33.7 Å². The molecular weight excluding hydrogens is 419 g/mol. The van der Waals surface area contributed by atoms with Crippen molar-refractivity contribution in [2.75, 3.05) is 33.7 Å². The zero-order chi connectivity index (χ0) is 17.2. The summed E-state index contributed by atoms with van der Waals surface area (Å²) in [5.41, 5.74) is 2.23. The van der Waals surface area contributed by atoms with E-state index in [0.717, 1.165) is 37.7 Å². The molecule has 8 heteroatoms. The lowest BCUT2D eigenvalue weighted by Gasteiger charge is -2.13. The van der Waals surface area contributed by atoms with Gasteiger partial charge in [0.25, 0.3) is 0 Å². The van der Waals surface area contributed by atoms with Crippen LogP contribution in [-0.2, 0) is 11.3 Å². The number of hydrogen-bond donors (Lipinski definition) is 2. The lowest BCUT2D eigenvalue weighted by molar-refractivity contribution is -0.128. The van der Waals surface area contributed by atoms with E-state index >= 15 is 0 Å². The average Bonchev–Trinajstić information content (AvgIpc) is 2.81. The molecule has 0 aliphatic carbocycles. The van der Waals surface area contributed by atoms with Crippen LogP contribution in [0.5, 0.6) is 0 Å². The molecule has 0 aromatic carbocycles. The molecular formula is C16H31IN6O. The molecule has 0 aliphatic rings. The van der Waals surface area contributed by atoms with Gasteiger partial charge in [-0.1, -0.05) is 0 Å². The minimum Gasteiger partial charge on any atom is -0.357 e. The van der Waals surface area contributed by atoms with Gasteiger partial charge in [0.15, 0.2) is 5.96 Å². The van der Waals surface area contributed by atoms with Crippen molar-refractivity contribution in [2.24, 2.45) is 4.99 Å². The molecule has 1 amide bonds. The molecule has 0 aliphatic heterocycles. The van der Waals surface area contributed by atoms with Crippen molar-refractivity contribution in [3.8, 4) is 0 Å². The average molecular weight is 450 g/mol. The number of rotatable bonds is 8. The number of aliphatic imine (C=N–C) groups is 1. The second kappa shape index (κ2) is 12.1. The second-order valence-corrected chi connectivity index (χ2v) is 5.73. The molecule has 7 nitrogen and oxygen atoms in total. The number of carbonyl (C=O) groups excluding carboxylic acids is 1. The van der Waals surface area contributed by atoms with Crippen LogP contribution in [0, 0.1) is 13.8 Å². The monoisotopic (exact) mass is 450 g/mol. The van der Waals surface area contributed by atoms with Gasteiger partial charge >= 0.3 is 0 Å². The van der Waals surface area contributed by atoms with Gasteiger partial charge in [-0.25, -0.2) is 0 Å². The van der Waals surface area contributed by atoms with Gasteiger partial charge in [-0.2, -0.15) is 5.10 Å². The van der Waals surface area contributed by atoms with Crippen LogP contribution in [0.2, 0.25) is 0 Å².